The van der Waals surface area contributed by atoms with E-state index in [1.165, 1.54) is 0 Å². The fourth-order valence-corrected chi connectivity index (χ4v) is 3.49. The van der Waals surface area contributed by atoms with E-state index in [9.17, 15) is 13.5 Å². The molecule has 0 aliphatic heterocycles. The fraction of sp³-hybridized carbons (Fsp3) is 0.250. The van der Waals surface area contributed by atoms with Crippen molar-refractivity contribution in [2.24, 2.45) is 0 Å². The minimum Gasteiger partial charge on any atom is -0.382 e. The zero-order valence-corrected chi connectivity index (χ0v) is 14.1. The maximum absolute atomic E-state index is 12.5. The molecule has 2 aromatic heterocycles. The SMILES string of the molecule is CC(C)S(=O)(=O)n1c(N)nc2ccc(C(O)c3ccccc3)nc21. The lowest BCUT2D eigenvalue weighted by atomic mass is 10.1. The van der Waals surface area contributed by atoms with E-state index in [1.54, 1.807) is 38.1 Å². The number of nitrogens with zero attached hydrogens (tertiary/aromatic N) is 3. The van der Waals surface area contributed by atoms with E-state index in [1.807, 2.05) is 18.2 Å². The molecule has 3 aromatic rings. The van der Waals surface area contributed by atoms with E-state index in [4.69, 9.17) is 5.73 Å². The smallest absolute Gasteiger partial charge is 0.245 e. The molecule has 1 atom stereocenters. The van der Waals surface area contributed by atoms with E-state index < -0.39 is 21.4 Å². The number of anilines is 1. The molecule has 3 rings (SSSR count). The van der Waals surface area contributed by atoms with Gasteiger partial charge in [0, 0.05) is 0 Å². The first kappa shape index (κ1) is 16.4. The van der Waals surface area contributed by atoms with Gasteiger partial charge in [-0.25, -0.2) is 18.4 Å². The van der Waals surface area contributed by atoms with Gasteiger partial charge in [-0.2, -0.15) is 3.97 Å². The van der Waals surface area contributed by atoms with Crippen molar-refractivity contribution in [1.82, 2.24) is 13.9 Å². The second-order valence-electron chi connectivity index (χ2n) is 5.72. The van der Waals surface area contributed by atoms with Crippen LogP contribution >= 0.6 is 0 Å². The molecular formula is C16H18N4O3S. The Kier molecular flexibility index (Phi) is 4.02. The summed E-state index contributed by atoms with van der Waals surface area (Å²) >= 11 is 0. The zero-order chi connectivity index (χ0) is 17.5. The summed E-state index contributed by atoms with van der Waals surface area (Å²) in [6.07, 6.45) is -0.970. The van der Waals surface area contributed by atoms with Gasteiger partial charge in [0.15, 0.2) is 5.65 Å². The number of nitrogen functional groups attached to an aromatic ring is 1. The van der Waals surface area contributed by atoms with Crippen LogP contribution in [0.2, 0.25) is 0 Å². The number of aliphatic hydroxyl groups is 1. The third-order valence-corrected chi connectivity index (χ3v) is 5.82. The van der Waals surface area contributed by atoms with Gasteiger partial charge in [-0.05, 0) is 31.5 Å². The Bertz CT molecular complexity index is 981. The predicted octanol–water partition coefficient (Wildman–Crippen LogP) is 1.68. The molecule has 0 aliphatic rings. The molecule has 7 nitrogen and oxygen atoms in total. The molecule has 8 heteroatoms. The number of rotatable bonds is 4. The Morgan fingerprint density at radius 1 is 1.08 bits per heavy atom. The number of benzene rings is 1. The first-order chi connectivity index (χ1) is 11.3. The van der Waals surface area contributed by atoms with Crippen molar-refractivity contribution >= 4 is 27.1 Å². The fourth-order valence-electron chi connectivity index (χ4n) is 2.39. The van der Waals surface area contributed by atoms with Gasteiger partial charge in [0.25, 0.3) is 0 Å². The van der Waals surface area contributed by atoms with Crippen molar-refractivity contribution in [3.63, 3.8) is 0 Å². The van der Waals surface area contributed by atoms with Gasteiger partial charge in [0.1, 0.15) is 11.6 Å². The van der Waals surface area contributed by atoms with E-state index >= 15 is 0 Å². The van der Waals surface area contributed by atoms with Crippen molar-refractivity contribution in [2.45, 2.75) is 25.2 Å². The second kappa shape index (κ2) is 5.88. The molecule has 1 unspecified atom stereocenters. The maximum Gasteiger partial charge on any atom is 0.245 e. The highest BCUT2D eigenvalue weighted by molar-refractivity contribution is 7.90. The van der Waals surface area contributed by atoms with Crippen LogP contribution in [0.15, 0.2) is 42.5 Å². The standard InChI is InChI=1S/C16H18N4O3S/c1-10(2)24(22,23)20-15-13(19-16(20)17)9-8-12(18-15)14(21)11-6-4-3-5-7-11/h3-10,14,21H,1-2H3,(H2,17,19). The van der Waals surface area contributed by atoms with Crippen molar-refractivity contribution in [1.29, 1.82) is 0 Å². The molecule has 3 N–H and O–H groups in total. The van der Waals surface area contributed by atoms with Crippen LogP contribution in [0.1, 0.15) is 31.2 Å². The van der Waals surface area contributed by atoms with Gasteiger partial charge in [-0.1, -0.05) is 30.3 Å². The van der Waals surface area contributed by atoms with Crippen LogP contribution in [0.3, 0.4) is 0 Å². The molecule has 2 heterocycles. The predicted molar refractivity (Wildman–Crippen MR) is 91.9 cm³/mol. The van der Waals surface area contributed by atoms with Crippen molar-refractivity contribution in [2.75, 3.05) is 5.73 Å². The first-order valence-corrected chi connectivity index (χ1v) is 8.95. The molecule has 0 amide bonds. The summed E-state index contributed by atoms with van der Waals surface area (Å²) in [4.78, 5) is 8.36. The lowest BCUT2D eigenvalue weighted by Gasteiger charge is -2.13. The Labute approximate surface area is 139 Å². The quantitative estimate of drug-likeness (QED) is 0.743. The van der Waals surface area contributed by atoms with Crippen LogP contribution in [0.4, 0.5) is 5.95 Å². The number of hydrogen-bond donors (Lipinski definition) is 2. The van der Waals surface area contributed by atoms with Gasteiger partial charge in [-0.3, -0.25) is 0 Å². The van der Waals surface area contributed by atoms with E-state index in [2.05, 4.69) is 9.97 Å². The number of imidazole rings is 1. The van der Waals surface area contributed by atoms with E-state index in [0.29, 0.717) is 16.8 Å². The first-order valence-electron chi connectivity index (χ1n) is 7.44. The normalized spacial score (nSPS) is 13.5. The third-order valence-electron chi connectivity index (χ3n) is 3.76. The summed E-state index contributed by atoms with van der Waals surface area (Å²) in [5.74, 6) is -0.141. The van der Waals surface area contributed by atoms with E-state index in [-0.39, 0.29) is 11.6 Å². The summed E-state index contributed by atoms with van der Waals surface area (Å²) in [6, 6.07) is 12.2. The maximum atomic E-state index is 12.5. The number of fused-ring (bicyclic) bond motifs is 1. The highest BCUT2D eigenvalue weighted by Crippen LogP contribution is 2.25. The lowest BCUT2D eigenvalue weighted by Crippen LogP contribution is -2.24. The Morgan fingerprint density at radius 2 is 1.75 bits per heavy atom. The van der Waals surface area contributed by atoms with Gasteiger partial charge in [0.05, 0.1) is 10.9 Å². The van der Waals surface area contributed by atoms with Gasteiger partial charge in [-0.15, -0.1) is 0 Å². The molecule has 0 saturated heterocycles. The Hall–Kier alpha value is -2.45. The van der Waals surface area contributed by atoms with Crippen LogP contribution in [0, 0.1) is 0 Å². The Morgan fingerprint density at radius 3 is 2.38 bits per heavy atom. The monoisotopic (exact) mass is 346 g/mol. The topological polar surface area (TPSA) is 111 Å². The molecule has 0 bridgehead atoms. The highest BCUT2D eigenvalue weighted by atomic mass is 32.2. The van der Waals surface area contributed by atoms with Crippen LogP contribution in [-0.2, 0) is 10.0 Å². The molecule has 1 aromatic carbocycles. The van der Waals surface area contributed by atoms with Crippen LogP contribution in [-0.4, -0.2) is 32.7 Å². The van der Waals surface area contributed by atoms with Crippen molar-refractivity contribution in [3.8, 4) is 0 Å². The largest absolute Gasteiger partial charge is 0.382 e. The minimum atomic E-state index is -3.71. The molecule has 0 spiro atoms. The lowest BCUT2D eigenvalue weighted by molar-refractivity contribution is 0.215. The van der Waals surface area contributed by atoms with Gasteiger partial charge in [0.2, 0.25) is 16.0 Å². The molecule has 0 aliphatic carbocycles. The summed E-state index contributed by atoms with van der Waals surface area (Å²) in [5, 5.41) is 9.81. The molecule has 24 heavy (non-hydrogen) atoms. The molecule has 0 fully saturated rings. The number of nitrogens with two attached hydrogens (primary N) is 1. The minimum absolute atomic E-state index is 0.119. The van der Waals surface area contributed by atoms with Gasteiger partial charge < -0.3 is 10.8 Å². The molecule has 0 radical (unpaired) electrons. The van der Waals surface area contributed by atoms with E-state index in [0.717, 1.165) is 3.97 Å². The summed E-state index contributed by atoms with van der Waals surface area (Å²) in [6.45, 7) is 3.12. The molecule has 0 saturated carbocycles. The Balaban J connectivity index is 2.18. The third kappa shape index (κ3) is 2.63. The summed E-state index contributed by atoms with van der Waals surface area (Å²) in [5.41, 5.74) is 7.26. The average molecular weight is 346 g/mol. The van der Waals surface area contributed by atoms with Crippen molar-refractivity contribution < 1.29 is 13.5 Å². The summed E-state index contributed by atoms with van der Waals surface area (Å²) in [7, 11) is -3.71. The number of pyridine rings is 1. The number of hydrogen-bond acceptors (Lipinski definition) is 6. The molecule has 126 valence electrons. The molecular weight excluding hydrogens is 328 g/mol. The van der Waals surface area contributed by atoms with Crippen LogP contribution in [0.25, 0.3) is 11.2 Å². The van der Waals surface area contributed by atoms with Crippen molar-refractivity contribution in [3.05, 3.63) is 53.7 Å². The van der Waals surface area contributed by atoms with Gasteiger partial charge >= 0.3 is 0 Å². The number of aromatic nitrogens is 3. The second-order valence-corrected chi connectivity index (χ2v) is 8.06. The zero-order valence-electron chi connectivity index (χ0n) is 13.3. The number of aliphatic hydroxyl groups excluding tert-OH is 1. The summed E-state index contributed by atoms with van der Waals surface area (Å²) < 4.78 is 26.0. The van der Waals surface area contributed by atoms with Crippen LogP contribution < -0.4 is 5.73 Å². The highest BCUT2D eigenvalue weighted by Gasteiger charge is 2.26. The average Bonchev–Trinajstić information content (AvgIpc) is 2.90. The van der Waals surface area contributed by atoms with Crippen LogP contribution in [0.5, 0.6) is 0 Å².